The summed E-state index contributed by atoms with van der Waals surface area (Å²) in [6, 6.07) is 0. The van der Waals surface area contributed by atoms with E-state index >= 15 is 0 Å². The lowest BCUT2D eigenvalue weighted by atomic mass is 10.0. The van der Waals surface area contributed by atoms with Crippen molar-refractivity contribution in [3.8, 4) is 0 Å². The van der Waals surface area contributed by atoms with Crippen LogP contribution in [0, 0.1) is 0 Å². The molecular formula is C12H21NO3S2. The molecule has 0 saturated heterocycles. The van der Waals surface area contributed by atoms with E-state index in [9.17, 15) is 13.5 Å². The molecule has 0 bridgehead atoms. The van der Waals surface area contributed by atoms with Gasteiger partial charge in [-0.2, -0.15) is 0 Å². The summed E-state index contributed by atoms with van der Waals surface area (Å²) in [5, 5.41) is 10.7. The normalized spacial score (nSPS) is 13.3. The van der Waals surface area contributed by atoms with E-state index in [1.807, 2.05) is 13.8 Å². The Balaban J connectivity index is 3.19. The fraction of sp³-hybridized carbons (Fsp3) is 0.750. The zero-order valence-corrected chi connectivity index (χ0v) is 13.2. The van der Waals surface area contributed by atoms with Crippen LogP contribution in [-0.4, -0.2) is 24.3 Å². The van der Waals surface area contributed by atoms with Crippen LogP contribution in [0.4, 0.5) is 0 Å². The molecule has 0 aliphatic rings. The van der Waals surface area contributed by atoms with Crippen molar-refractivity contribution in [1.82, 2.24) is 4.98 Å². The number of hydrogen-bond acceptors (Lipinski definition) is 5. The van der Waals surface area contributed by atoms with Gasteiger partial charge in [0.2, 0.25) is 0 Å². The first-order valence-electron chi connectivity index (χ1n) is 5.99. The Morgan fingerprint density at radius 2 is 1.94 bits per heavy atom. The van der Waals surface area contributed by atoms with Gasteiger partial charge >= 0.3 is 0 Å². The van der Waals surface area contributed by atoms with Gasteiger partial charge in [0.05, 0.1) is 16.2 Å². The van der Waals surface area contributed by atoms with Crippen LogP contribution >= 0.6 is 11.3 Å². The van der Waals surface area contributed by atoms with Crippen molar-refractivity contribution in [2.45, 2.75) is 51.9 Å². The van der Waals surface area contributed by atoms with E-state index in [1.54, 1.807) is 20.8 Å². The van der Waals surface area contributed by atoms with Crippen molar-refractivity contribution in [3.05, 3.63) is 15.6 Å². The minimum Gasteiger partial charge on any atom is -0.385 e. The average molecular weight is 291 g/mol. The lowest BCUT2D eigenvalue weighted by Crippen LogP contribution is -2.16. The van der Waals surface area contributed by atoms with E-state index in [0.29, 0.717) is 5.01 Å². The molecule has 0 fully saturated rings. The number of aliphatic hydroxyl groups is 1. The molecule has 6 heteroatoms. The molecule has 0 spiro atoms. The standard InChI is InChI=1S/C12H21NO3S2/c1-6-18(15,16)7-9-13-10(8(2)3)11(17-9)12(4,5)14/h8,14H,6-7H2,1-5H3. The van der Waals surface area contributed by atoms with Crippen molar-refractivity contribution >= 4 is 21.2 Å². The third kappa shape index (κ3) is 3.76. The molecule has 1 aromatic rings. The van der Waals surface area contributed by atoms with E-state index < -0.39 is 15.4 Å². The predicted molar refractivity (Wildman–Crippen MR) is 74.6 cm³/mol. The van der Waals surface area contributed by atoms with Crippen molar-refractivity contribution in [2.24, 2.45) is 0 Å². The molecule has 0 aromatic carbocycles. The highest BCUT2D eigenvalue weighted by Crippen LogP contribution is 2.34. The number of sulfone groups is 1. The molecule has 104 valence electrons. The Morgan fingerprint density at radius 3 is 2.28 bits per heavy atom. The van der Waals surface area contributed by atoms with E-state index in [-0.39, 0.29) is 17.4 Å². The number of nitrogens with zero attached hydrogens (tertiary/aromatic N) is 1. The van der Waals surface area contributed by atoms with Crippen molar-refractivity contribution < 1.29 is 13.5 Å². The van der Waals surface area contributed by atoms with Crippen LogP contribution in [0.1, 0.15) is 56.1 Å². The molecule has 0 unspecified atom stereocenters. The molecule has 0 aliphatic carbocycles. The molecule has 0 aliphatic heterocycles. The van der Waals surface area contributed by atoms with Gasteiger partial charge in [0.1, 0.15) is 10.8 Å². The first kappa shape index (κ1) is 15.6. The van der Waals surface area contributed by atoms with Crippen LogP contribution in [0.15, 0.2) is 0 Å². The van der Waals surface area contributed by atoms with E-state index in [4.69, 9.17) is 0 Å². The number of rotatable bonds is 5. The first-order chi connectivity index (χ1) is 8.07. The minimum absolute atomic E-state index is 0.0377. The summed E-state index contributed by atoms with van der Waals surface area (Å²) in [4.78, 5) is 5.15. The molecule has 1 rings (SSSR count). The van der Waals surface area contributed by atoms with E-state index in [0.717, 1.165) is 10.6 Å². The maximum atomic E-state index is 11.6. The van der Waals surface area contributed by atoms with Gasteiger partial charge in [-0.3, -0.25) is 0 Å². The highest BCUT2D eigenvalue weighted by molar-refractivity contribution is 7.90. The Bertz CT molecular complexity index is 510. The van der Waals surface area contributed by atoms with Crippen molar-refractivity contribution in [1.29, 1.82) is 0 Å². The van der Waals surface area contributed by atoms with Crippen LogP contribution in [0.25, 0.3) is 0 Å². The molecule has 0 atom stereocenters. The monoisotopic (exact) mass is 291 g/mol. The second-order valence-electron chi connectivity index (χ2n) is 5.21. The number of hydrogen-bond donors (Lipinski definition) is 1. The van der Waals surface area contributed by atoms with Gasteiger partial charge in [-0.15, -0.1) is 11.3 Å². The summed E-state index contributed by atoms with van der Waals surface area (Å²) in [6.07, 6.45) is 0. The zero-order valence-electron chi connectivity index (χ0n) is 11.5. The Hall–Kier alpha value is -0.460. The van der Waals surface area contributed by atoms with Crippen LogP contribution in [0.2, 0.25) is 0 Å². The summed E-state index contributed by atoms with van der Waals surface area (Å²) in [6.45, 7) is 9.00. The largest absolute Gasteiger partial charge is 0.385 e. The average Bonchev–Trinajstić information content (AvgIpc) is 2.60. The number of aromatic nitrogens is 1. The fourth-order valence-electron chi connectivity index (χ4n) is 1.56. The molecule has 18 heavy (non-hydrogen) atoms. The summed E-state index contributed by atoms with van der Waals surface area (Å²) in [5.41, 5.74) is -0.181. The quantitative estimate of drug-likeness (QED) is 0.904. The summed E-state index contributed by atoms with van der Waals surface area (Å²) < 4.78 is 23.2. The van der Waals surface area contributed by atoms with Gasteiger partial charge in [-0.25, -0.2) is 13.4 Å². The van der Waals surface area contributed by atoms with Crippen LogP contribution in [0.5, 0.6) is 0 Å². The van der Waals surface area contributed by atoms with Gasteiger partial charge in [0.15, 0.2) is 9.84 Å². The molecule has 0 saturated carbocycles. The molecule has 0 radical (unpaired) electrons. The Morgan fingerprint density at radius 1 is 1.39 bits per heavy atom. The number of thiazole rings is 1. The van der Waals surface area contributed by atoms with Crippen LogP contribution in [0.3, 0.4) is 0 Å². The lowest BCUT2D eigenvalue weighted by molar-refractivity contribution is 0.0811. The Kier molecular flexibility index (Phi) is 4.56. The van der Waals surface area contributed by atoms with E-state index in [2.05, 4.69) is 4.98 Å². The smallest absolute Gasteiger partial charge is 0.156 e. The SMILES string of the molecule is CCS(=O)(=O)Cc1nc(C(C)C)c(C(C)(C)O)s1. The van der Waals surface area contributed by atoms with Crippen LogP contribution in [-0.2, 0) is 21.2 Å². The topological polar surface area (TPSA) is 67.3 Å². The summed E-state index contributed by atoms with van der Waals surface area (Å²) in [7, 11) is -3.08. The van der Waals surface area contributed by atoms with Crippen molar-refractivity contribution in [2.75, 3.05) is 5.75 Å². The third-order valence-electron chi connectivity index (χ3n) is 2.58. The van der Waals surface area contributed by atoms with Gasteiger partial charge in [0, 0.05) is 5.75 Å². The zero-order chi connectivity index (χ0) is 14.1. The maximum Gasteiger partial charge on any atom is 0.156 e. The van der Waals surface area contributed by atoms with Gasteiger partial charge in [-0.1, -0.05) is 20.8 Å². The predicted octanol–water partition coefficient (Wildman–Crippen LogP) is 2.43. The first-order valence-corrected chi connectivity index (χ1v) is 8.63. The van der Waals surface area contributed by atoms with Gasteiger partial charge in [0.25, 0.3) is 0 Å². The second-order valence-corrected chi connectivity index (χ2v) is 8.65. The Labute approximate surface area is 113 Å². The highest BCUT2D eigenvalue weighted by Gasteiger charge is 2.27. The fourth-order valence-corrected chi connectivity index (χ4v) is 3.99. The lowest BCUT2D eigenvalue weighted by Gasteiger charge is -2.17. The van der Waals surface area contributed by atoms with Crippen LogP contribution < -0.4 is 0 Å². The molecule has 0 amide bonds. The molecule has 1 aromatic heterocycles. The molecular weight excluding hydrogens is 270 g/mol. The second kappa shape index (κ2) is 5.27. The third-order valence-corrected chi connectivity index (χ3v) is 5.74. The highest BCUT2D eigenvalue weighted by atomic mass is 32.2. The van der Waals surface area contributed by atoms with Crippen molar-refractivity contribution in [3.63, 3.8) is 0 Å². The van der Waals surface area contributed by atoms with E-state index in [1.165, 1.54) is 11.3 Å². The summed E-state index contributed by atoms with van der Waals surface area (Å²) in [5.74, 6) is 0.242. The molecule has 1 heterocycles. The maximum absolute atomic E-state index is 11.6. The molecule has 4 nitrogen and oxygen atoms in total. The molecule has 1 N–H and O–H groups in total. The van der Waals surface area contributed by atoms with Gasteiger partial charge < -0.3 is 5.11 Å². The van der Waals surface area contributed by atoms with Gasteiger partial charge in [-0.05, 0) is 19.8 Å². The minimum atomic E-state index is -3.08. The summed E-state index contributed by atoms with van der Waals surface area (Å²) >= 11 is 1.30.